The van der Waals surface area contributed by atoms with Crippen LogP contribution < -0.4 is 4.74 Å². The Morgan fingerprint density at radius 2 is 1.44 bits per heavy atom. The Labute approximate surface area is 193 Å². The van der Waals surface area contributed by atoms with Crippen molar-refractivity contribution in [2.24, 2.45) is 0 Å². The van der Waals surface area contributed by atoms with E-state index in [1.807, 2.05) is 30.3 Å². The van der Waals surface area contributed by atoms with E-state index in [2.05, 4.69) is 13.8 Å². The number of unbranched alkanes of at least 4 members (excludes halogenated alkanes) is 8. The summed E-state index contributed by atoms with van der Waals surface area (Å²) in [7, 11) is 0. The molecule has 32 heavy (non-hydrogen) atoms. The number of rotatable bonds is 16. The second-order valence-corrected chi connectivity index (χ2v) is 8.62. The van der Waals surface area contributed by atoms with E-state index in [4.69, 9.17) is 4.74 Å². The number of aliphatic carboxylic acids is 1. The monoisotopic (exact) mass is 442 g/mol. The van der Waals surface area contributed by atoms with Crippen molar-refractivity contribution in [1.82, 2.24) is 0 Å². The lowest BCUT2D eigenvalue weighted by molar-refractivity contribution is -0.139. The van der Waals surface area contributed by atoms with Crippen LogP contribution in [0.15, 0.2) is 42.5 Å². The lowest BCUT2D eigenvalue weighted by Gasteiger charge is -2.14. The quantitative estimate of drug-likeness (QED) is 0.266. The Bertz CT molecular complexity index is 801. The topological polar surface area (TPSA) is 46.5 Å². The van der Waals surface area contributed by atoms with E-state index < -0.39 is 11.9 Å². The highest BCUT2D eigenvalue weighted by molar-refractivity contribution is 5.76. The highest BCUT2D eigenvalue weighted by Crippen LogP contribution is 2.29. The molecule has 1 unspecified atom stereocenters. The molecule has 0 saturated heterocycles. The second-order valence-electron chi connectivity index (χ2n) is 8.62. The Morgan fingerprint density at radius 3 is 2.06 bits per heavy atom. The van der Waals surface area contributed by atoms with Crippen molar-refractivity contribution in [1.29, 1.82) is 0 Å². The van der Waals surface area contributed by atoms with Crippen molar-refractivity contribution in [3.8, 4) is 16.9 Å². The van der Waals surface area contributed by atoms with E-state index in [-0.39, 0.29) is 11.6 Å². The lowest BCUT2D eigenvalue weighted by Crippen LogP contribution is -2.11. The molecule has 0 amide bonds. The Kier molecular flexibility index (Phi) is 11.9. The highest BCUT2D eigenvalue weighted by Gasteiger charge is 2.19. The Balaban J connectivity index is 1.92. The van der Waals surface area contributed by atoms with Crippen LogP contribution >= 0.6 is 0 Å². The largest absolute Gasteiger partial charge is 0.491 e. The van der Waals surface area contributed by atoms with Gasteiger partial charge in [0.15, 0.2) is 11.6 Å². The SMILES string of the molecule is CCCCCCCCOc1ccc(-c2ccc(C(CCCCCC)C(=O)O)cc2)cc1F. The average Bonchev–Trinajstić information content (AvgIpc) is 2.79. The van der Waals surface area contributed by atoms with E-state index in [1.165, 1.54) is 31.7 Å². The molecule has 0 aliphatic carbocycles. The summed E-state index contributed by atoms with van der Waals surface area (Å²) < 4.78 is 20.1. The van der Waals surface area contributed by atoms with Crippen LogP contribution in [0.3, 0.4) is 0 Å². The molecule has 1 atom stereocenters. The van der Waals surface area contributed by atoms with Crippen LogP contribution in [0, 0.1) is 5.82 Å². The fourth-order valence-corrected chi connectivity index (χ4v) is 3.98. The first-order valence-electron chi connectivity index (χ1n) is 12.3. The van der Waals surface area contributed by atoms with Crippen LogP contribution in [0.25, 0.3) is 11.1 Å². The minimum atomic E-state index is -0.785. The molecular weight excluding hydrogens is 403 g/mol. The van der Waals surface area contributed by atoms with Crippen LogP contribution in [0.1, 0.15) is 96.0 Å². The van der Waals surface area contributed by atoms with Gasteiger partial charge in [0.1, 0.15) is 0 Å². The molecule has 0 aliphatic rings. The molecule has 2 aromatic carbocycles. The number of carboxylic acids is 1. The van der Waals surface area contributed by atoms with Crippen molar-refractivity contribution in [2.45, 2.75) is 90.4 Å². The van der Waals surface area contributed by atoms with Gasteiger partial charge in [-0.2, -0.15) is 0 Å². The lowest BCUT2D eigenvalue weighted by atomic mass is 9.91. The van der Waals surface area contributed by atoms with Gasteiger partial charge >= 0.3 is 5.97 Å². The highest BCUT2D eigenvalue weighted by atomic mass is 19.1. The second kappa shape index (κ2) is 14.7. The van der Waals surface area contributed by atoms with Gasteiger partial charge in [-0.25, -0.2) is 4.39 Å². The number of halogens is 1. The molecule has 2 aromatic rings. The molecule has 0 aliphatic heterocycles. The summed E-state index contributed by atoms with van der Waals surface area (Å²) >= 11 is 0. The molecule has 0 heterocycles. The van der Waals surface area contributed by atoms with Gasteiger partial charge in [0.25, 0.3) is 0 Å². The van der Waals surface area contributed by atoms with Crippen LogP contribution in [0.5, 0.6) is 5.75 Å². The number of carboxylic acid groups (broad SMARTS) is 1. The molecule has 0 fully saturated rings. The molecule has 3 nitrogen and oxygen atoms in total. The summed E-state index contributed by atoms with van der Waals surface area (Å²) in [5.41, 5.74) is 2.43. The Hall–Kier alpha value is -2.36. The predicted octanol–water partition coefficient (Wildman–Crippen LogP) is 8.37. The third-order valence-electron chi connectivity index (χ3n) is 5.98. The fraction of sp³-hybridized carbons (Fsp3) is 0.536. The standard InChI is InChI=1S/C28H39FO3/c1-3-5-7-9-10-12-20-32-27-19-18-24(21-26(27)29)22-14-16-23(17-15-22)25(28(30)31)13-11-8-6-4-2/h14-19,21,25H,3-13,20H2,1-2H3,(H,30,31). The van der Waals surface area contributed by atoms with Gasteiger partial charge in [0.2, 0.25) is 0 Å². The van der Waals surface area contributed by atoms with E-state index in [0.717, 1.165) is 55.2 Å². The van der Waals surface area contributed by atoms with Crippen molar-refractivity contribution >= 4 is 5.97 Å². The molecule has 1 N–H and O–H groups in total. The molecule has 176 valence electrons. The van der Waals surface area contributed by atoms with E-state index in [0.29, 0.717) is 13.0 Å². The summed E-state index contributed by atoms with van der Waals surface area (Å²) in [6, 6.07) is 12.5. The maximum atomic E-state index is 14.5. The predicted molar refractivity (Wildman–Crippen MR) is 130 cm³/mol. The number of hydrogen-bond donors (Lipinski definition) is 1. The van der Waals surface area contributed by atoms with E-state index in [9.17, 15) is 14.3 Å². The molecule has 2 rings (SSSR count). The summed E-state index contributed by atoms with van der Waals surface area (Å²) in [4.78, 5) is 11.7. The summed E-state index contributed by atoms with van der Waals surface area (Å²) in [6.07, 6.45) is 11.9. The minimum Gasteiger partial charge on any atom is -0.491 e. The third-order valence-corrected chi connectivity index (χ3v) is 5.98. The third kappa shape index (κ3) is 8.64. The molecular formula is C28H39FO3. The minimum absolute atomic E-state index is 0.289. The maximum Gasteiger partial charge on any atom is 0.310 e. The number of ether oxygens (including phenoxy) is 1. The van der Waals surface area contributed by atoms with E-state index >= 15 is 0 Å². The molecule has 0 radical (unpaired) electrons. The van der Waals surface area contributed by atoms with Crippen molar-refractivity contribution in [2.75, 3.05) is 6.61 Å². The molecule has 0 aromatic heterocycles. The molecule has 0 spiro atoms. The number of carbonyl (C=O) groups is 1. The van der Waals surface area contributed by atoms with Gasteiger partial charge < -0.3 is 9.84 Å². The van der Waals surface area contributed by atoms with Crippen LogP contribution in [0.2, 0.25) is 0 Å². The van der Waals surface area contributed by atoms with Gasteiger partial charge in [-0.1, -0.05) is 102 Å². The maximum absolute atomic E-state index is 14.5. The fourth-order valence-electron chi connectivity index (χ4n) is 3.98. The average molecular weight is 443 g/mol. The summed E-state index contributed by atoms with van der Waals surface area (Å²) in [5, 5.41) is 9.62. The molecule has 0 bridgehead atoms. The molecule has 4 heteroatoms. The Morgan fingerprint density at radius 1 is 0.844 bits per heavy atom. The van der Waals surface area contributed by atoms with Crippen LogP contribution in [-0.4, -0.2) is 17.7 Å². The number of hydrogen-bond acceptors (Lipinski definition) is 2. The molecule has 0 saturated carbocycles. The van der Waals surface area contributed by atoms with Crippen LogP contribution in [-0.2, 0) is 4.79 Å². The summed E-state index contributed by atoms with van der Waals surface area (Å²) in [6.45, 7) is 4.88. The number of benzene rings is 2. The van der Waals surface area contributed by atoms with Crippen LogP contribution in [0.4, 0.5) is 4.39 Å². The van der Waals surface area contributed by atoms with Gasteiger partial charge in [0.05, 0.1) is 12.5 Å². The first-order chi connectivity index (χ1) is 15.6. The van der Waals surface area contributed by atoms with Crippen molar-refractivity contribution in [3.63, 3.8) is 0 Å². The van der Waals surface area contributed by atoms with Crippen molar-refractivity contribution in [3.05, 3.63) is 53.8 Å². The zero-order chi connectivity index (χ0) is 23.2. The van der Waals surface area contributed by atoms with Gasteiger partial charge in [0, 0.05) is 0 Å². The van der Waals surface area contributed by atoms with E-state index in [1.54, 1.807) is 6.07 Å². The smallest absolute Gasteiger partial charge is 0.310 e. The zero-order valence-corrected chi connectivity index (χ0v) is 19.7. The zero-order valence-electron chi connectivity index (χ0n) is 19.7. The van der Waals surface area contributed by atoms with Gasteiger partial charge in [-0.05, 0) is 41.7 Å². The first kappa shape index (κ1) is 25.9. The summed E-state index contributed by atoms with van der Waals surface area (Å²) in [5.74, 6) is -1.35. The van der Waals surface area contributed by atoms with Gasteiger partial charge in [-0.15, -0.1) is 0 Å². The first-order valence-corrected chi connectivity index (χ1v) is 12.3. The van der Waals surface area contributed by atoms with Gasteiger partial charge in [-0.3, -0.25) is 4.79 Å². The van der Waals surface area contributed by atoms with Crippen molar-refractivity contribution < 1.29 is 19.0 Å². The normalized spacial score (nSPS) is 12.0.